The molecular weight excluding hydrogens is 352 g/mol. The van der Waals surface area contributed by atoms with Gasteiger partial charge >= 0.3 is 0 Å². The van der Waals surface area contributed by atoms with E-state index >= 15 is 0 Å². The van der Waals surface area contributed by atoms with E-state index in [0.29, 0.717) is 5.69 Å². The number of hydrogen-bond donors (Lipinski definition) is 2. The molecule has 1 aliphatic rings. The van der Waals surface area contributed by atoms with Gasteiger partial charge < -0.3 is 15.3 Å². The van der Waals surface area contributed by atoms with Crippen LogP contribution < -0.4 is 10.2 Å². The van der Waals surface area contributed by atoms with Crippen LogP contribution in [0.4, 0.5) is 17.1 Å². The molecule has 0 radical (unpaired) electrons. The number of aliphatic hydroxyl groups excluding tert-OH is 1. The Balaban J connectivity index is 1.66. The van der Waals surface area contributed by atoms with Crippen molar-refractivity contribution in [1.82, 2.24) is 5.32 Å². The highest BCUT2D eigenvalue weighted by molar-refractivity contribution is 7.91. The van der Waals surface area contributed by atoms with E-state index in [9.17, 15) is 8.42 Å². The molecule has 7 nitrogen and oxygen atoms in total. The van der Waals surface area contributed by atoms with Gasteiger partial charge in [-0.3, -0.25) is 0 Å². The monoisotopic (exact) mass is 374 g/mol. The normalized spacial score (nSPS) is 15.5. The minimum Gasteiger partial charge on any atom is -0.395 e. The van der Waals surface area contributed by atoms with Crippen LogP contribution in [0.2, 0.25) is 0 Å². The molecule has 0 spiro atoms. The fraction of sp³-hybridized carbons (Fsp3) is 0.333. The molecule has 1 heterocycles. The molecule has 2 aromatic rings. The number of aliphatic hydroxyl groups is 1. The lowest BCUT2D eigenvalue weighted by Gasteiger charge is -2.29. The number of rotatable bonds is 6. The lowest BCUT2D eigenvalue weighted by atomic mass is 10.2. The van der Waals surface area contributed by atoms with Gasteiger partial charge in [0.2, 0.25) is 0 Å². The summed E-state index contributed by atoms with van der Waals surface area (Å²) in [5, 5.41) is 20.5. The van der Waals surface area contributed by atoms with Crippen molar-refractivity contribution < 1.29 is 13.5 Å². The quantitative estimate of drug-likeness (QED) is 0.757. The second kappa shape index (κ2) is 8.39. The van der Waals surface area contributed by atoms with Crippen LogP contribution in [-0.4, -0.2) is 52.1 Å². The van der Waals surface area contributed by atoms with E-state index in [1.54, 1.807) is 12.1 Å². The molecule has 138 valence electrons. The highest BCUT2D eigenvalue weighted by Gasteiger charge is 2.13. The number of benzene rings is 2. The van der Waals surface area contributed by atoms with E-state index < -0.39 is 16.4 Å². The molecule has 0 atom stereocenters. The number of azo groups is 1. The van der Waals surface area contributed by atoms with Gasteiger partial charge in [-0.1, -0.05) is 0 Å². The molecule has 1 fully saturated rings. The van der Waals surface area contributed by atoms with Crippen molar-refractivity contribution in [3.05, 3.63) is 48.5 Å². The second-order valence-corrected chi connectivity index (χ2v) is 8.10. The topological polar surface area (TPSA) is 94.4 Å². The van der Waals surface area contributed by atoms with E-state index in [1.807, 2.05) is 24.3 Å². The molecule has 1 saturated heterocycles. The van der Waals surface area contributed by atoms with Gasteiger partial charge in [0.25, 0.3) is 0 Å². The molecule has 0 saturated carbocycles. The van der Waals surface area contributed by atoms with Gasteiger partial charge in [0.15, 0.2) is 9.84 Å². The standard InChI is InChI=1S/C18H22N4O3S/c23-13-14-26(24,25)18-7-3-16(4-8-18)21-20-15-1-5-17(6-2-15)22-11-9-19-10-12-22/h1-8,19,23H,9-14H2. The number of sulfone groups is 1. The maximum Gasteiger partial charge on any atom is 0.180 e. The van der Waals surface area contributed by atoms with Crippen LogP contribution in [0.1, 0.15) is 0 Å². The van der Waals surface area contributed by atoms with E-state index in [0.717, 1.165) is 31.9 Å². The molecule has 0 amide bonds. The highest BCUT2D eigenvalue weighted by atomic mass is 32.2. The van der Waals surface area contributed by atoms with Gasteiger partial charge in [-0.05, 0) is 48.5 Å². The third-order valence-electron chi connectivity index (χ3n) is 4.17. The molecule has 3 rings (SSSR count). The molecule has 26 heavy (non-hydrogen) atoms. The van der Waals surface area contributed by atoms with E-state index in [4.69, 9.17) is 5.11 Å². The maximum atomic E-state index is 11.9. The third-order valence-corrected chi connectivity index (χ3v) is 5.88. The van der Waals surface area contributed by atoms with Crippen molar-refractivity contribution in [3.8, 4) is 0 Å². The molecule has 2 N–H and O–H groups in total. The zero-order valence-corrected chi connectivity index (χ0v) is 15.2. The molecule has 8 heteroatoms. The second-order valence-electron chi connectivity index (χ2n) is 5.99. The molecule has 0 aliphatic carbocycles. The Hall–Kier alpha value is -2.29. The third kappa shape index (κ3) is 4.66. The molecule has 1 aliphatic heterocycles. The van der Waals surface area contributed by atoms with E-state index in [1.165, 1.54) is 17.8 Å². The van der Waals surface area contributed by atoms with Crippen LogP contribution in [-0.2, 0) is 9.84 Å². The summed E-state index contributed by atoms with van der Waals surface area (Å²) < 4.78 is 23.7. The number of piperazine rings is 1. The fourth-order valence-corrected chi connectivity index (χ4v) is 3.75. The van der Waals surface area contributed by atoms with Crippen LogP contribution in [0, 0.1) is 0 Å². The van der Waals surface area contributed by atoms with Crippen molar-refractivity contribution >= 4 is 26.9 Å². The predicted molar refractivity (Wildman–Crippen MR) is 101 cm³/mol. The Morgan fingerprint density at radius 1 is 0.923 bits per heavy atom. The molecule has 2 aromatic carbocycles. The van der Waals surface area contributed by atoms with Crippen molar-refractivity contribution in [2.45, 2.75) is 4.90 Å². The Morgan fingerprint density at radius 2 is 1.46 bits per heavy atom. The SMILES string of the molecule is O=S(=O)(CCO)c1ccc(N=Nc2ccc(N3CCNCC3)cc2)cc1. The summed E-state index contributed by atoms with van der Waals surface area (Å²) >= 11 is 0. The average molecular weight is 374 g/mol. The lowest BCUT2D eigenvalue weighted by molar-refractivity contribution is 0.319. The Bertz CT molecular complexity index is 843. The molecule has 0 aromatic heterocycles. The molecule has 0 unspecified atom stereocenters. The zero-order valence-electron chi connectivity index (χ0n) is 14.4. The van der Waals surface area contributed by atoms with Gasteiger partial charge in [-0.25, -0.2) is 8.42 Å². The zero-order chi connectivity index (χ0) is 18.4. The minimum absolute atomic E-state index is 0.172. The van der Waals surface area contributed by atoms with Gasteiger partial charge in [0.05, 0.1) is 28.6 Å². The van der Waals surface area contributed by atoms with Crippen LogP contribution in [0.3, 0.4) is 0 Å². The summed E-state index contributed by atoms with van der Waals surface area (Å²) in [5.74, 6) is -0.284. The molecular formula is C18H22N4O3S. The Labute approximate surface area is 153 Å². The van der Waals surface area contributed by atoms with Crippen molar-refractivity contribution in [2.75, 3.05) is 43.4 Å². The van der Waals surface area contributed by atoms with Gasteiger partial charge in [0, 0.05) is 31.9 Å². The summed E-state index contributed by atoms with van der Waals surface area (Å²) in [6.45, 7) is 3.57. The van der Waals surface area contributed by atoms with E-state index in [-0.39, 0.29) is 10.6 Å². The number of hydrogen-bond acceptors (Lipinski definition) is 7. The van der Waals surface area contributed by atoms with Crippen LogP contribution in [0.5, 0.6) is 0 Å². The largest absolute Gasteiger partial charge is 0.395 e. The van der Waals surface area contributed by atoms with Crippen LogP contribution in [0.15, 0.2) is 63.7 Å². The number of nitrogens with zero attached hydrogens (tertiary/aromatic N) is 3. The first-order chi connectivity index (χ1) is 12.6. The number of nitrogens with one attached hydrogen (secondary N) is 1. The maximum absolute atomic E-state index is 11.9. The van der Waals surface area contributed by atoms with Gasteiger partial charge in [-0.15, -0.1) is 0 Å². The lowest BCUT2D eigenvalue weighted by Crippen LogP contribution is -2.43. The van der Waals surface area contributed by atoms with Crippen molar-refractivity contribution in [2.24, 2.45) is 10.2 Å². The number of anilines is 1. The minimum atomic E-state index is -3.44. The molecule has 0 bridgehead atoms. The average Bonchev–Trinajstić information content (AvgIpc) is 2.68. The summed E-state index contributed by atoms with van der Waals surface area (Å²) in [6.07, 6.45) is 0. The fourth-order valence-electron chi connectivity index (χ4n) is 2.73. The van der Waals surface area contributed by atoms with Crippen LogP contribution in [0.25, 0.3) is 0 Å². The highest BCUT2D eigenvalue weighted by Crippen LogP contribution is 2.23. The Kier molecular flexibility index (Phi) is 5.97. The van der Waals surface area contributed by atoms with E-state index in [2.05, 4.69) is 20.4 Å². The first kappa shape index (κ1) is 18.5. The first-order valence-corrected chi connectivity index (χ1v) is 10.1. The first-order valence-electron chi connectivity index (χ1n) is 8.50. The Morgan fingerprint density at radius 3 is 2.00 bits per heavy atom. The summed E-state index contributed by atoms with van der Waals surface area (Å²) in [4.78, 5) is 2.49. The predicted octanol–water partition coefficient (Wildman–Crippen LogP) is 2.28. The smallest absolute Gasteiger partial charge is 0.180 e. The van der Waals surface area contributed by atoms with Crippen molar-refractivity contribution in [1.29, 1.82) is 0 Å². The summed E-state index contributed by atoms with van der Waals surface area (Å²) in [7, 11) is -3.44. The van der Waals surface area contributed by atoms with Gasteiger partial charge in [0.1, 0.15) is 0 Å². The summed E-state index contributed by atoms with van der Waals surface area (Å²) in [5.41, 5.74) is 2.48. The summed E-state index contributed by atoms with van der Waals surface area (Å²) in [6, 6.07) is 14.1. The van der Waals surface area contributed by atoms with Crippen molar-refractivity contribution in [3.63, 3.8) is 0 Å². The van der Waals surface area contributed by atoms with Gasteiger partial charge in [-0.2, -0.15) is 10.2 Å². The van der Waals surface area contributed by atoms with Crippen LogP contribution >= 0.6 is 0 Å².